The van der Waals surface area contributed by atoms with E-state index in [0.29, 0.717) is 11.3 Å². The first-order chi connectivity index (χ1) is 10.3. The Balaban J connectivity index is 1.77. The van der Waals surface area contributed by atoms with Crippen LogP contribution in [0.25, 0.3) is 10.1 Å². The van der Waals surface area contributed by atoms with E-state index in [1.807, 2.05) is 24.3 Å². The molecule has 0 bridgehead atoms. The van der Waals surface area contributed by atoms with Gasteiger partial charge in [0.1, 0.15) is 5.75 Å². The maximum absolute atomic E-state index is 12.1. The van der Waals surface area contributed by atoms with Gasteiger partial charge < -0.3 is 5.11 Å². The second-order valence-electron chi connectivity index (χ2n) is 4.29. The van der Waals surface area contributed by atoms with Crippen LogP contribution in [0.15, 0.2) is 53.6 Å². The van der Waals surface area contributed by atoms with E-state index < -0.39 is 0 Å². The van der Waals surface area contributed by atoms with Gasteiger partial charge in [0.15, 0.2) is 5.69 Å². The molecule has 3 rings (SSSR count). The Hall–Kier alpha value is -2.73. The molecule has 0 saturated heterocycles. The lowest BCUT2D eigenvalue weighted by molar-refractivity contribution is 0.0953. The molecule has 0 fully saturated rings. The third kappa shape index (κ3) is 2.75. The van der Waals surface area contributed by atoms with Crippen LogP contribution in [0.4, 0.5) is 0 Å². The Labute approximate surface area is 124 Å². The average Bonchev–Trinajstić information content (AvgIpc) is 2.93. The van der Waals surface area contributed by atoms with Gasteiger partial charge in [-0.1, -0.05) is 30.3 Å². The fourth-order valence-corrected chi connectivity index (χ4v) is 2.63. The molecule has 0 aliphatic heterocycles. The van der Waals surface area contributed by atoms with Crippen molar-refractivity contribution in [2.24, 2.45) is 5.10 Å². The van der Waals surface area contributed by atoms with Gasteiger partial charge >= 0.3 is 0 Å². The van der Waals surface area contributed by atoms with E-state index in [1.54, 1.807) is 24.3 Å². The molecule has 1 amide bonds. The summed E-state index contributed by atoms with van der Waals surface area (Å²) in [6.07, 6.45) is 1.39. The Bertz CT molecular complexity index is 826. The van der Waals surface area contributed by atoms with Gasteiger partial charge in [-0.15, -0.1) is 0 Å². The highest BCUT2D eigenvalue weighted by molar-refractivity contribution is 7.13. The van der Waals surface area contributed by atoms with Gasteiger partial charge in [-0.2, -0.15) is 9.47 Å². The Morgan fingerprint density at radius 3 is 2.81 bits per heavy atom. The molecular weight excluding hydrogens is 286 g/mol. The number of phenolic OH excluding ortho intramolecular Hbond substituents is 1. The number of amides is 1. The predicted molar refractivity (Wildman–Crippen MR) is 82.8 cm³/mol. The average molecular weight is 297 g/mol. The highest BCUT2D eigenvalue weighted by Gasteiger charge is 2.12. The Morgan fingerprint density at radius 2 is 1.95 bits per heavy atom. The number of hydrogen-bond donors (Lipinski definition) is 2. The van der Waals surface area contributed by atoms with Gasteiger partial charge in [0.05, 0.1) is 10.9 Å². The van der Waals surface area contributed by atoms with Gasteiger partial charge in [0.25, 0.3) is 5.91 Å². The van der Waals surface area contributed by atoms with Crippen molar-refractivity contribution in [1.29, 1.82) is 0 Å². The molecule has 0 aliphatic carbocycles. The zero-order chi connectivity index (χ0) is 14.7. The molecule has 0 atom stereocenters. The molecule has 5 nitrogen and oxygen atoms in total. The minimum atomic E-state index is -0.376. The lowest BCUT2D eigenvalue weighted by atomic mass is 10.2. The van der Waals surface area contributed by atoms with Crippen molar-refractivity contribution in [1.82, 2.24) is 9.80 Å². The van der Waals surface area contributed by atoms with E-state index >= 15 is 0 Å². The molecule has 2 aromatic carbocycles. The van der Waals surface area contributed by atoms with Crippen LogP contribution in [0.5, 0.6) is 5.75 Å². The fourth-order valence-electron chi connectivity index (χ4n) is 1.86. The molecule has 21 heavy (non-hydrogen) atoms. The lowest BCUT2D eigenvalue weighted by Gasteiger charge is -1.98. The quantitative estimate of drug-likeness (QED) is 0.576. The first kappa shape index (κ1) is 13.3. The molecule has 0 saturated carbocycles. The standard InChI is InChI=1S/C15H11N3O2S/c19-12-7-3-1-5-10(12)9-16-17-15(20)14-11-6-2-4-8-13(11)21-18-14/h1-9,19H,(H,17,20)/b16-9+. The van der Waals surface area contributed by atoms with E-state index in [4.69, 9.17) is 0 Å². The van der Waals surface area contributed by atoms with Gasteiger partial charge in [-0.05, 0) is 29.7 Å². The van der Waals surface area contributed by atoms with Crippen LogP contribution in [-0.2, 0) is 0 Å². The molecule has 0 unspecified atom stereocenters. The molecule has 0 aliphatic rings. The van der Waals surface area contributed by atoms with Gasteiger partial charge in [-0.3, -0.25) is 4.79 Å². The van der Waals surface area contributed by atoms with Crippen LogP contribution in [0.3, 0.4) is 0 Å². The maximum atomic E-state index is 12.1. The molecule has 1 aromatic heterocycles. The Morgan fingerprint density at radius 1 is 1.19 bits per heavy atom. The summed E-state index contributed by atoms with van der Waals surface area (Å²) in [6, 6.07) is 14.3. The molecule has 2 N–H and O–H groups in total. The van der Waals surface area contributed by atoms with E-state index in [2.05, 4.69) is 14.9 Å². The number of carbonyl (C=O) groups is 1. The monoisotopic (exact) mass is 297 g/mol. The number of aromatic hydroxyl groups is 1. The van der Waals surface area contributed by atoms with Crippen molar-refractivity contribution in [2.45, 2.75) is 0 Å². The second kappa shape index (κ2) is 5.72. The summed E-state index contributed by atoms with van der Waals surface area (Å²) in [5.41, 5.74) is 3.30. The van der Waals surface area contributed by atoms with Crippen LogP contribution >= 0.6 is 11.5 Å². The van der Waals surface area contributed by atoms with Crippen LogP contribution < -0.4 is 5.43 Å². The molecule has 0 radical (unpaired) electrons. The van der Waals surface area contributed by atoms with Crippen molar-refractivity contribution >= 4 is 33.7 Å². The third-order valence-electron chi connectivity index (χ3n) is 2.90. The number of hydrogen-bond acceptors (Lipinski definition) is 5. The van der Waals surface area contributed by atoms with Gasteiger partial charge in [0, 0.05) is 10.9 Å². The fraction of sp³-hybridized carbons (Fsp3) is 0. The number of fused-ring (bicyclic) bond motifs is 1. The SMILES string of the molecule is O=C(N/N=C/c1ccccc1O)c1nsc2ccccc12. The van der Waals surface area contributed by atoms with Gasteiger partial charge in [0.2, 0.25) is 0 Å². The molecule has 104 valence electrons. The summed E-state index contributed by atoms with van der Waals surface area (Å²) in [5, 5.41) is 14.2. The van der Waals surface area contributed by atoms with Crippen molar-refractivity contribution in [3.05, 3.63) is 59.8 Å². The summed E-state index contributed by atoms with van der Waals surface area (Å²) >= 11 is 1.27. The number of benzene rings is 2. The predicted octanol–water partition coefficient (Wildman–Crippen LogP) is 2.77. The molecule has 3 aromatic rings. The molecule has 1 heterocycles. The minimum absolute atomic E-state index is 0.106. The summed E-state index contributed by atoms with van der Waals surface area (Å²) in [6.45, 7) is 0. The van der Waals surface area contributed by atoms with Gasteiger partial charge in [-0.25, -0.2) is 5.43 Å². The summed E-state index contributed by atoms with van der Waals surface area (Å²) < 4.78 is 5.10. The van der Waals surface area contributed by atoms with E-state index in [0.717, 1.165) is 10.1 Å². The number of para-hydroxylation sites is 1. The highest BCUT2D eigenvalue weighted by atomic mass is 32.1. The largest absolute Gasteiger partial charge is 0.507 e. The van der Waals surface area contributed by atoms with Crippen molar-refractivity contribution in [3.63, 3.8) is 0 Å². The molecule has 6 heteroatoms. The van der Waals surface area contributed by atoms with E-state index in [-0.39, 0.29) is 11.7 Å². The Kier molecular flexibility index (Phi) is 3.61. The zero-order valence-electron chi connectivity index (χ0n) is 10.9. The number of hydrazone groups is 1. The number of nitrogens with zero attached hydrogens (tertiary/aromatic N) is 2. The lowest BCUT2D eigenvalue weighted by Crippen LogP contribution is -2.18. The zero-order valence-corrected chi connectivity index (χ0v) is 11.7. The topological polar surface area (TPSA) is 74.6 Å². The maximum Gasteiger partial charge on any atom is 0.291 e. The van der Waals surface area contributed by atoms with Crippen molar-refractivity contribution in [3.8, 4) is 5.75 Å². The first-order valence-electron chi connectivity index (χ1n) is 6.21. The molecule has 0 spiro atoms. The number of carbonyl (C=O) groups excluding carboxylic acids is 1. The first-order valence-corrected chi connectivity index (χ1v) is 6.99. The summed E-state index contributed by atoms with van der Waals surface area (Å²) in [7, 11) is 0. The summed E-state index contributed by atoms with van der Waals surface area (Å²) in [5.74, 6) is -0.270. The number of rotatable bonds is 3. The third-order valence-corrected chi connectivity index (χ3v) is 3.73. The number of nitrogens with one attached hydrogen (secondary N) is 1. The van der Waals surface area contributed by atoms with E-state index in [1.165, 1.54) is 17.7 Å². The number of aromatic nitrogens is 1. The number of phenols is 1. The van der Waals surface area contributed by atoms with Crippen molar-refractivity contribution < 1.29 is 9.90 Å². The molecular formula is C15H11N3O2S. The normalized spacial score (nSPS) is 11.0. The summed E-state index contributed by atoms with van der Waals surface area (Å²) in [4.78, 5) is 12.1. The van der Waals surface area contributed by atoms with Crippen molar-refractivity contribution in [2.75, 3.05) is 0 Å². The minimum Gasteiger partial charge on any atom is -0.507 e. The smallest absolute Gasteiger partial charge is 0.291 e. The van der Waals surface area contributed by atoms with E-state index in [9.17, 15) is 9.90 Å². The second-order valence-corrected chi connectivity index (χ2v) is 5.09. The van der Waals surface area contributed by atoms with Crippen LogP contribution in [0.2, 0.25) is 0 Å². The van der Waals surface area contributed by atoms with Crippen LogP contribution in [-0.4, -0.2) is 21.6 Å². The van der Waals surface area contributed by atoms with Crippen LogP contribution in [0, 0.1) is 0 Å². The highest BCUT2D eigenvalue weighted by Crippen LogP contribution is 2.21. The van der Waals surface area contributed by atoms with Crippen LogP contribution in [0.1, 0.15) is 16.1 Å².